The zero-order valence-corrected chi connectivity index (χ0v) is 16.8. The van der Waals surface area contributed by atoms with Crippen molar-refractivity contribution >= 4 is 15.7 Å². The van der Waals surface area contributed by atoms with Gasteiger partial charge in [0.05, 0.1) is 17.6 Å². The van der Waals surface area contributed by atoms with E-state index in [9.17, 15) is 8.42 Å². The number of anilines is 1. The van der Waals surface area contributed by atoms with Gasteiger partial charge in [0.15, 0.2) is 0 Å². The van der Waals surface area contributed by atoms with Crippen molar-refractivity contribution in [3.05, 3.63) is 96.7 Å². The van der Waals surface area contributed by atoms with Crippen LogP contribution in [0.3, 0.4) is 0 Å². The molecule has 4 rings (SSSR count). The third-order valence-electron chi connectivity index (χ3n) is 4.68. The molecule has 0 amide bonds. The number of sulfonamides is 1. The van der Waals surface area contributed by atoms with Crippen molar-refractivity contribution in [2.24, 2.45) is 0 Å². The van der Waals surface area contributed by atoms with E-state index < -0.39 is 10.0 Å². The molecule has 6 heteroatoms. The average molecular weight is 404 g/mol. The fourth-order valence-electron chi connectivity index (χ4n) is 3.19. The molecule has 5 nitrogen and oxygen atoms in total. The number of aryl methyl sites for hydroxylation is 1. The van der Waals surface area contributed by atoms with Crippen molar-refractivity contribution in [1.29, 1.82) is 0 Å². The summed E-state index contributed by atoms with van der Waals surface area (Å²) in [7, 11) is -3.85. The van der Waals surface area contributed by atoms with Crippen LogP contribution in [-0.4, -0.2) is 18.2 Å². The summed E-state index contributed by atoms with van der Waals surface area (Å²) < 4.78 is 31.0. The molecular formula is C23H21N3O2S. The maximum atomic E-state index is 13.3. The van der Waals surface area contributed by atoms with Gasteiger partial charge in [-0.2, -0.15) is 5.10 Å². The molecule has 0 aliphatic heterocycles. The van der Waals surface area contributed by atoms with Crippen molar-refractivity contribution in [3.8, 4) is 16.9 Å². The first kappa shape index (κ1) is 19.0. The highest BCUT2D eigenvalue weighted by atomic mass is 32.2. The number of rotatable bonds is 6. The molecule has 0 aliphatic rings. The molecule has 4 aromatic rings. The fraction of sp³-hybridized carbons (Fsp3) is 0.0870. The fourth-order valence-corrected chi connectivity index (χ4v) is 4.44. The van der Waals surface area contributed by atoms with Crippen LogP contribution in [0, 0.1) is 0 Å². The van der Waals surface area contributed by atoms with Crippen molar-refractivity contribution in [3.63, 3.8) is 0 Å². The predicted molar refractivity (Wildman–Crippen MR) is 116 cm³/mol. The van der Waals surface area contributed by atoms with Gasteiger partial charge in [0.25, 0.3) is 10.0 Å². The molecule has 29 heavy (non-hydrogen) atoms. The molecule has 0 saturated heterocycles. The Balaban J connectivity index is 1.84. The van der Waals surface area contributed by atoms with E-state index in [0.717, 1.165) is 23.2 Å². The number of hydrogen-bond acceptors (Lipinski definition) is 3. The Bertz CT molecular complexity index is 1220. The Labute approximate surface area is 170 Å². The lowest BCUT2D eigenvalue weighted by atomic mass is 10.1. The molecule has 1 aromatic heterocycles. The van der Waals surface area contributed by atoms with Crippen molar-refractivity contribution in [2.45, 2.75) is 18.2 Å². The van der Waals surface area contributed by atoms with Gasteiger partial charge < -0.3 is 0 Å². The smallest absolute Gasteiger partial charge is 0.265 e. The second-order valence-corrected chi connectivity index (χ2v) is 8.26. The molecule has 146 valence electrons. The molecule has 0 spiro atoms. The minimum atomic E-state index is -3.85. The lowest BCUT2D eigenvalue weighted by Gasteiger charge is -2.11. The van der Waals surface area contributed by atoms with Crippen LogP contribution < -0.4 is 4.72 Å². The summed E-state index contributed by atoms with van der Waals surface area (Å²) in [5.41, 5.74) is 3.47. The van der Waals surface area contributed by atoms with Gasteiger partial charge in [-0.3, -0.25) is 4.72 Å². The SMILES string of the molecule is CCc1ccccc1NS(=O)(=O)c1cn(-c2ccccc2)nc1-c1ccccc1. The Morgan fingerprint density at radius 3 is 2.17 bits per heavy atom. The molecule has 0 bridgehead atoms. The summed E-state index contributed by atoms with van der Waals surface area (Å²) >= 11 is 0. The highest BCUT2D eigenvalue weighted by Crippen LogP contribution is 2.29. The summed E-state index contributed by atoms with van der Waals surface area (Å²) in [6, 6.07) is 26.2. The first-order valence-electron chi connectivity index (χ1n) is 9.40. The van der Waals surface area contributed by atoms with Crippen molar-refractivity contribution in [2.75, 3.05) is 4.72 Å². The molecule has 0 saturated carbocycles. The number of nitrogens with zero attached hydrogens (tertiary/aromatic N) is 2. The van der Waals surface area contributed by atoms with Gasteiger partial charge in [-0.25, -0.2) is 13.1 Å². The second kappa shape index (κ2) is 7.93. The summed E-state index contributed by atoms with van der Waals surface area (Å²) in [4.78, 5) is 0.137. The zero-order valence-electron chi connectivity index (χ0n) is 16.0. The minimum absolute atomic E-state index is 0.137. The number of hydrogen-bond donors (Lipinski definition) is 1. The summed E-state index contributed by atoms with van der Waals surface area (Å²) in [6.45, 7) is 2.00. The van der Waals surface area contributed by atoms with Gasteiger partial charge in [-0.1, -0.05) is 73.7 Å². The highest BCUT2D eigenvalue weighted by Gasteiger charge is 2.25. The number of benzene rings is 3. The average Bonchev–Trinajstić information content (AvgIpc) is 3.22. The van der Waals surface area contributed by atoms with E-state index in [-0.39, 0.29) is 4.90 Å². The van der Waals surface area contributed by atoms with Gasteiger partial charge in [-0.15, -0.1) is 0 Å². The highest BCUT2D eigenvalue weighted by molar-refractivity contribution is 7.92. The molecule has 0 fully saturated rings. The normalized spacial score (nSPS) is 11.3. The quantitative estimate of drug-likeness (QED) is 0.498. The number of aromatic nitrogens is 2. The van der Waals surface area contributed by atoms with E-state index in [1.807, 2.05) is 85.8 Å². The van der Waals surface area contributed by atoms with Gasteiger partial charge in [0, 0.05) is 5.56 Å². The van der Waals surface area contributed by atoms with Gasteiger partial charge in [0.1, 0.15) is 10.6 Å². The number of nitrogens with one attached hydrogen (secondary N) is 1. The third-order valence-corrected chi connectivity index (χ3v) is 6.05. The Morgan fingerprint density at radius 2 is 1.48 bits per heavy atom. The van der Waals surface area contributed by atoms with E-state index in [4.69, 9.17) is 0 Å². The third kappa shape index (κ3) is 3.93. The molecule has 1 heterocycles. The molecule has 0 radical (unpaired) electrons. The van der Waals surface area contributed by atoms with Gasteiger partial charge in [-0.05, 0) is 30.2 Å². The molecule has 0 atom stereocenters. The predicted octanol–water partition coefficient (Wildman–Crippen LogP) is 4.90. The largest absolute Gasteiger partial charge is 0.279 e. The topological polar surface area (TPSA) is 64.0 Å². The standard InChI is InChI=1S/C23H21N3O2S/c1-2-18-11-9-10-16-21(18)25-29(27,28)22-17-26(20-14-7-4-8-15-20)24-23(22)19-12-5-3-6-13-19/h3-17,25H,2H2,1H3. The maximum absolute atomic E-state index is 13.3. The van der Waals surface area contributed by atoms with E-state index in [0.29, 0.717) is 11.4 Å². The Hall–Kier alpha value is -3.38. The molecule has 0 unspecified atom stereocenters. The Kier molecular flexibility index (Phi) is 5.18. The maximum Gasteiger partial charge on any atom is 0.265 e. The lowest BCUT2D eigenvalue weighted by molar-refractivity contribution is 0.601. The first-order valence-corrected chi connectivity index (χ1v) is 10.9. The van der Waals surface area contributed by atoms with Crippen LogP contribution in [-0.2, 0) is 16.4 Å². The van der Waals surface area contributed by atoms with Gasteiger partial charge >= 0.3 is 0 Å². The first-order chi connectivity index (χ1) is 14.1. The lowest BCUT2D eigenvalue weighted by Crippen LogP contribution is -2.14. The zero-order chi connectivity index (χ0) is 20.3. The van der Waals surface area contributed by atoms with E-state index in [1.54, 1.807) is 16.9 Å². The molecule has 1 N–H and O–H groups in total. The van der Waals surface area contributed by atoms with Crippen LogP contribution in [0.15, 0.2) is 96.0 Å². The number of para-hydroxylation sites is 2. The summed E-state index contributed by atoms with van der Waals surface area (Å²) in [5, 5.41) is 4.60. The van der Waals surface area contributed by atoms with Crippen LogP contribution in [0.1, 0.15) is 12.5 Å². The van der Waals surface area contributed by atoms with Crippen LogP contribution in [0.4, 0.5) is 5.69 Å². The Morgan fingerprint density at radius 1 is 0.862 bits per heavy atom. The van der Waals surface area contributed by atoms with Gasteiger partial charge in [0.2, 0.25) is 0 Å². The van der Waals surface area contributed by atoms with E-state index in [2.05, 4.69) is 9.82 Å². The summed E-state index contributed by atoms with van der Waals surface area (Å²) in [5.74, 6) is 0. The molecule has 3 aromatic carbocycles. The van der Waals surface area contributed by atoms with Crippen LogP contribution >= 0.6 is 0 Å². The van der Waals surface area contributed by atoms with E-state index >= 15 is 0 Å². The molecule has 0 aliphatic carbocycles. The molecular weight excluding hydrogens is 382 g/mol. The monoisotopic (exact) mass is 403 g/mol. The van der Waals surface area contributed by atoms with Crippen LogP contribution in [0.25, 0.3) is 16.9 Å². The van der Waals surface area contributed by atoms with Crippen LogP contribution in [0.2, 0.25) is 0 Å². The minimum Gasteiger partial charge on any atom is -0.279 e. The second-order valence-electron chi connectivity index (χ2n) is 6.60. The van der Waals surface area contributed by atoms with Crippen molar-refractivity contribution < 1.29 is 8.42 Å². The summed E-state index contributed by atoms with van der Waals surface area (Å²) in [6.07, 6.45) is 2.29. The van der Waals surface area contributed by atoms with Crippen molar-refractivity contribution in [1.82, 2.24) is 9.78 Å². The van der Waals surface area contributed by atoms with E-state index in [1.165, 1.54) is 0 Å². The van der Waals surface area contributed by atoms with Crippen LogP contribution in [0.5, 0.6) is 0 Å².